The number of carbonyl (C=O) groups is 2. The van der Waals surface area contributed by atoms with E-state index in [9.17, 15) is 14.4 Å². The number of rotatable bonds is 5. The molecule has 0 unspecified atom stereocenters. The molecule has 122 valence electrons. The number of nitrogens with zero attached hydrogens (tertiary/aromatic N) is 3. The van der Waals surface area contributed by atoms with Crippen LogP contribution in [0.25, 0.3) is 12.2 Å². The number of carbonyl (C=O) groups excluding carboxylic acids is 1. The van der Waals surface area contributed by atoms with Crippen molar-refractivity contribution in [2.75, 3.05) is 0 Å². The fourth-order valence-electron chi connectivity index (χ4n) is 1.86. The molecular weight excluding hydrogens is 336 g/mol. The van der Waals surface area contributed by atoms with Crippen molar-refractivity contribution in [3.63, 3.8) is 0 Å². The number of thiazole rings is 1. The summed E-state index contributed by atoms with van der Waals surface area (Å²) in [7, 11) is 0. The van der Waals surface area contributed by atoms with Crippen LogP contribution in [-0.2, 0) is 11.3 Å². The molecule has 0 atom stereocenters. The quantitative estimate of drug-likeness (QED) is 0.578. The Balaban J connectivity index is 1.91. The highest BCUT2D eigenvalue weighted by atomic mass is 32.1. The highest BCUT2D eigenvalue weighted by molar-refractivity contribution is 7.07. The average molecular weight is 346 g/mol. The smallest absolute Gasteiger partial charge is 0.325 e. The molecule has 0 aliphatic heterocycles. The van der Waals surface area contributed by atoms with Gasteiger partial charge < -0.3 is 14.5 Å². The fraction of sp³-hybridized carbons (Fsp3) is 0.0714. The Morgan fingerprint density at radius 1 is 1.46 bits per heavy atom. The van der Waals surface area contributed by atoms with Gasteiger partial charge in [0.2, 0.25) is 5.78 Å². The van der Waals surface area contributed by atoms with Crippen molar-refractivity contribution >= 4 is 35.2 Å². The summed E-state index contributed by atoms with van der Waals surface area (Å²) in [4.78, 5) is 37.0. The number of carboxylic acid groups (broad SMARTS) is 1. The first-order valence-electron chi connectivity index (χ1n) is 6.63. The summed E-state index contributed by atoms with van der Waals surface area (Å²) >= 11 is 1.07. The van der Waals surface area contributed by atoms with Crippen LogP contribution < -0.4 is 14.8 Å². The number of hydrogen-bond acceptors (Lipinski definition) is 7. The average Bonchev–Trinajstić information content (AvgIpc) is 3.22. The van der Waals surface area contributed by atoms with Gasteiger partial charge in [-0.1, -0.05) is 5.21 Å². The molecule has 0 radical (unpaired) electrons. The Hall–Kier alpha value is -3.27. The molecule has 10 heteroatoms. The Morgan fingerprint density at radius 2 is 2.29 bits per heavy atom. The first kappa shape index (κ1) is 15.6. The van der Waals surface area contributed by atoms with E-state index in [1.165, 1.54) is 30.7 Å². The molecule has 0 saturated carbocycles. The number of aromatic nitrogens is 4. The summed E-state index contributed by atoms with van der Waals surface area (Å²) in [5.74, 6) is -1.24. The summed E-state index contributed by atoms with van der Waals surface area (Å²) in [5.41, 5.74) is -0.0428. The van der Waals surface area contributed by atoms with Crippen LogP contribution in [0.15, 0.2) is 33.8 Å². The number of ketones is 1. The number of aromatic amines is 1. The standard InChI is InChI=1S/C14H10N4O5S/c19-9(10-2-1-3-23-10)5-12-15-14(22)11(24-12)4-8-6-18(17-16-8)7-13(20)21/h1-6H,7H2,(H,15,22)(H,20,21)/b11-4+,12-5-. The van der Waals surface area contributed by atoms with Gasteiger partial charge in [-0.3, -0.25) is 14.4 Å². The molecule has 0 aromatic carbocycles. The number of nitrogens with one attached hydrogen (secondary N) is 1. The normalized spacial score (nSPS) is 12.7. The van der Waals surface area contributed by atoms with Gasteiger partial charge in [0.1, 0.15) is 12.2 Å². The summed E-state index contributed by atoms with van der Waals surface area (Å²) in [6.45, 7) is -0.321. The molecule has 2 N–H and O–H groups in total. The Morgan fingerprint density at radius 3 is 3.00 bits per heavy atom. The minimum atomic E-state index is -1.05. The van der Waals surface area contributed by atoms with Crippen molar-refractivity contribution in [1.82, 2.24) is 20.0 Å². The molecule has 0 amide bonds. The lowest BCUT2D eigenvalue weighted by Crippen LogP contribution is -2.20. The molecule has 0 aliphatic carbocycles. The topological polar surface area (TPSA) is 131 Å². The number of hydrogen-bond donors (Lipinski definition) is 2. The summed E-state index contributed by atoms with van der Waals surface area (Å²) < 4.78 is 6.81. The Labute approximate surface area is 137 Å². The fourth-order valence-corrected chi connectivity index (χ4v) is 2.73. The third-order valence-electron chi connectivity index (χ3n) is 2.84. The minimum absolute atomic E-state index is 0.173. The number of aliphatic carboxylic acids is 1. The van der Waals surface area contributed by atoms with Crippen LogP contribution >= 0.6 is 11.3 Å². The zero-order chi connectivity index (χ0) is 17.1. The van der Waals surface area contributed by atoms with Crippen LogP contribution in [0.3, 0.4) is 0 Å². The van der Waals surface area contributed by atoms with Crippen LogP contribution in [-0.4, -0.2) is 36.8 Å². The van der Waals surface area contributed by atoms with E-state index in [1.54, 1.807) is 6.07 Å². The van der Waals surface area contributed by atoms with E-state index in [0.29, 0.717) is 14.9 Å². The van der Waals surface area contributed by atoms with Gasteiger partial charge in [0, 0.05) is 6.08 Å². The third kappa shape index (κ3) is 3.55. The van der Waals surface area contributed by atoms with E-state index >= 15 is 0 Å². The van der Waals surface area contributed by atoms with Crippen LogP contribution in [0.1, 0.15) is 16.2 Å². The number of furan rings is 1. The van der Waals surface area contributed by atoms with Crippen molar-refractivity contribution in [2.45, 2.75) is 6.54 Å². The number of Topliss-reactive ketones (excluding diaryl/α,β-unsaturated/α-hetero) is 1. The lowest BCUT2D eigenvalue weighted by Gasteiger charge is -1.90. The molecule has 9 nitrogen and oxygen atoms in total. The van der Waals surface area contributed by atoms with Crippen molar-refractivity contribution < 1.29 is 19.1 Å². The molecule has 3 aromatic rings. The monoisotopic (exact) mass is 346 g/mol. The van der Waals surface area contributed by atoms with Gasteiger partial charge in [-0.25, -0.2) is 4.68 Å². The summed E-state index contributed by atoms with van der Waals surface area (Å²) in [5, 5.41) is 16.1. The number of H-pyrrole nitrogens is 1. The molecule has 0 aliphatic rings. The second-order valence-electron chi connectivity index (χ2n) is 4.65. The molecule has 3 aromatic heterocycles. The van der Waals surface area contributed by atoms with E-state index < -0.39 is 5.97 Å². The first-order chi connectivity index (χ1) is 11.5. The van der Waals surface area contributed by atoms with Gasteiger partial charge in [0.15, 0.2) is 5.76 Å². The predicted octanol–water partition coefficient (Wildman–Crippen LogP) is -0.802. The van der Waals surface area contributed by atoms with Gasteiger partial charge in [-0.2, -0.15) is 0 Å². The second-order valence-corrected chi connectivity index (χ2v) is 5.73. The Bertz CT molecular complexity index is 1060. The van der Waals surface area contributed by atoms with Crippen molar-refractivity contribution in [3.8, 4) is 0 Å². The van der Waals surface area contributed by atoms with E-state index in [-0.39, 0.29) is 23.6 Å². The molecule has 0 saturated heterocycles. The zero-order valence-corrected chi connectivity index (χ0v) is 12.8. The van der Waals surface area contributed by atoms with Crippen LogP contribution in [0.5, 0.6) is 0 Å². The summed E-state index contributed by atoms with van der Waals surface area (Å²) in [6, 6.07) is 3.12. The van der Waals surface area contributed by atoms with Crippen molar-refractivity contribution in [1.29, 1.82) is 0 Å². The molecule has 0 fully saturated rings. The number of carboxylic acids is 1. The maximum Gasteiger partial charge on any atom is 0.325 e. The van der Waals surface area contributed by atoms with Crippen LogP contribution in [0.2, 0.25) is 0 Å². The Kier molecular flexibility index (Phi) is 4.20. The van der Waals surface area contributed by atoms with Crippen molar-refractivity contribution in [2.24, 2.45) is 0 Å². The molecular formula is C14H10N4O5S. The van der Waals surface area contributed by atoms with E-state index in [4.69, 9.17) is 9.52 Å². The zero-order valence-electron chi connectivity index (χ0n) is 12.0. The van der Waals surface area contributed by atoms with E-state index in [1.807, 2.05) is 0 Å². The largest absolute Gasteiger partial charge is 0.480 e. The SMILES string of the molecule is O=C(O)Cn1cc(/C=c2/s/c(=C\C(=O)c3ccco3)[nH]c2=O)nn1. The van der Waals surface area contributed by atoms with Gasteiger partial charge in [-0.05, 0) is 18.2 Å². The molecule has 3 rings (SSSR count). The summed E-state index contributed by atoms with van der Waals surface area (Å²) in [6.07, 6.45) is 5.52. The van der Waals surface area contributed by atoms with Gasteiger partial charge in [0.05, 0.1) is 21.7 Å². The third-order valence-corrected chi connectivity index (χ3v) is 3.80. The lowest BCUT2D eigenvalue weighted by atomic mass is 10.3. The van der Waals surface area contributed by atoms with Crippen LogP contribution in [0, 0.1) is 0 Å². The first-order valence-corrected chi connectivity index (χ1v) is 7.45. The van der Waals surface area contributed by atoms with Gasteiger partial charge in [-0.15, -0.1) is 16.4 Å². The predicted molar refractivity (Wildman–Crippen MR) is 82.9 cm³/mol. The molecule has 3 heterocycles. The van der Waals surface area contributed by atoms with Crippen molar-refractivity contribution in [3.05, 3.63) is 55.6 Å². The molecule has 24 heavy (non-hydrogen) atoms. The van der Waals surface area contributed by atoms with E-state index in [2.05, 4.69) is 15.3 Å². The maximum absolute atomic E-state index is 11.9. The molecule has 0 spiro atoms. The molecule has 0 bridgehead atoms. The van der Waals surface area contributed by atoms with Gasteiger partial charge in [0.25, 0.3) is 5.56 Å². The second kappa shape index (κ2) is 6.46. The van der Waals surface area contributed by atoms with Crippen LogP contribution in [0.4, 0.5) is 0 Å². The highest BCUT2D eigenvalue weighted by Crippen LogP contribution is 2.01. The lowest BCUT2D eigenvalue weighted by molar-refractivity contribution is -0.137. The minimum Gasteiger partial charge on any atom is -0.480 e. The van der Waals surface area contributed by atoms with Gasteiger partial charge >= 0.3 is 5.97 Å². The maximum atomic E-state index is 11.9. The highest BCUT2D eigenvalue weighted by Gasteiger charge is 2.06. The van der Waals surface area contributed by atoms with E-state index in [0.717, 1.165) is 16.0 Å².